The summed E-state index contributed by atoms with van der Waals surface area (Å²) in [5, 5.41) is 7.62. The number of carbonyl (C=O) groups excluding carboxylic acids is 1. The fourth-order valence-electron chi connectivity index (χ4n) is 2.23. The monoisotopic (exact) mass is 338 g/mol. The lowest BCUT2D eigenvalue weighted by Gasteiger charge is -2.15. The summed E-state index contributed by atoms with van der Waals surface area (Å²) in [6.07, 6.45) is 1.50. The van der Waals surface area contributed by atoms with E-state index in [1.807, 2.05) is 0 Å². The van der Waals surface area contributed by atoms with Crippen molar-refractivity contribution in [3.63, 3.8) is 0 Å². The third kappa shape index (κ3) is 3.57. The predicted octanol–water partition coefficient (Wildman–Crippen LogP) is 0.950. The number of hydrogen-bond donors (Lipinski definition) is 1. The fourth-order valence-corrected chi connectivity index (χ4v) is 3.66. The van der Waals surface area contributed by atoms with Crippen molar-refractivity contribution in [2.75, 3.05) is 7.11 Å². The number of sulfonamides is 1. The summed E-state index contributed by atoms with van der Waals surface area (Å²) in [7, 11) is -0.762. The van der Waals surface area contributed by atoms with Crippen molar-refractivity contribution in [1.29, 1.82) is 0 Å². The first-order chi connectivity index (χ1) is 10.8. The van der Waals surface area contributed by atoms with Gasteiger partial charge in [0, 0.05) is 7.05 Å². The Hall–Kier alpha value is -2.26. The highest BCUT2D eigenvalue weighted by atomic mass is 32.2. The molecule has 0 unspecified atom stereocenters. The largest absolute Gasteiger partial charge is 0.465 e. The summed E-state index contributed by atoms with van der Waals surface area (Å²) in [5.41, 5.74) is 0.746. The van der Waals surface area contributed by atoms with Crippen molar-refractivity contribution in [2.45, 2.75) is 24.8 Å². The fraction of sp³-hybridized carbons (Fsp3) is 0.357. The van der Waals surface area contributed by atoms with E-state index in [1.165, 1.54) is 31.6 Å². The second kappa shape index (κ2) is 6.47. The molecule has 0 fully saturated rings. The van der Waals surface area contributed by atoms with Crippen LogP contribution in [-0.4, -0.2) is 36.3 Å². The molecule has 2 aromatic rings. The molecule has 1 atom stereocenters. The summed E-state index contributed by atoms with van der Waals surface area (Å²) in [6, 6.07) is 3.73. The minimum atomic E-state index is -3.77. The normalized spacial score (nSPS) is 12.9. The molecule has 0 aliphatic rings. The number of hydrogen-bond acceptors (Lipinski definition) is 6. The third-order valence-electron chi connectivity index (χ3n) is 3.35. The zero-order chi connectivity index (χ0) is 17.2. The first kappa shape index (κ1) is 17.1. The van der Waals surface area contributed by atoms with E-state index in [4.69, 9.17) is 0 Å². The molecule has 2 rings (SSSR count). The number of ether oxygens (including phenoxy) is 1. The average Bonchev–Trinajstić information content (AvgIpc) is 2.91. The van der Waals surface area contributed by atoms with Crippen LogP contribution in [-0.2, 0) is 21.8 Å². The van der Waals surface area contributed by atoms with Crippen molar-refractivity contribution in [1.82, 2.24) is 19.5 Å². The molecule has 8 nitrogen and oxygen atoms in total. The lowest BCUT2D eigenvalue weighted by Crippen LogP contribution is -2.29. The number of benzene rings is 1. The van der Waals surface area contributed by atoms with Gasteiger partial charge in [-0.05, 0) is 37.6 Å². The lowest BCUT2D eigenvalue weighted by molar-refractivity contribution is 0.0600. The predicted molar refractivity (Wildman–Crippen MR) is 82.3 cm³/mol. The van der Waals surface area contributed by atoms with Crippen LogP contribution >= 0.6 is 0 Å². The molecule has 1 aromatic carbocycles. The molecule has 0 bridgehead atoms. The number of esters is 1. The zero-order valence-corrected chi connectivity index (χ0v) is 14.1. The molecule has 0 spiro atoms. The topological polar surface area (TPSA) is 103 Å². The Morgan fingerprint density at radius 1 is 1.39 bits per heavy atom. The van der Waals surface area contributed by atoms with Gasteiger partial charge >= 0.3 is 5.97 Å². The molecule has 0 radical (unpaired) electrons. The van der Waals surface area contributed by atoms with E-state index in [0.29, 0.717) is 17.0 Å². The number of rotatable bonds is 5. The number of aryl methyl sites for hydroxylation is 2. The average molecular weight is 338 g/mol. The Morgan fingerprint density at radius 3 is 2.61 bits per heavy atom. The van der Waals surface area contributed by atoms with Crippen LogP contribution in [0.15, 0.2) is 29.4 Å². The van der Waals surface area contributed by atoms with Crippen LogP contribution in [0.3, 0.4) is 0 Å². The van der Waals surface area contributed by atoms with Crippen molar-refractivity contribution in [3.8, 4) is 0 Å². The Balaban J connectivity index is 2.29. The Labute approximate surface area is 134 Å². The van der Waals surface area contributed by atoms with E-state index >= 15 is 0 Å². The van der Waals surface area contributed by atoms with Crippen molar-refractivity contribution < 1.29 is 17.9 Å². The molecule has 124 valence electrons. The van der Waals surface area contributed by atoms with Gasteiger partial charge in [-0.25, -0.2) is 17.9 Å². The molecule has 0 aliphatic carbocycles. The number of aromatic nitrogens is 3. The molecular formula is C14H18N4O4S. The van der Waals surface area contributed by atoms with Crippen LogP contribution in [0.1, 0.15) is 34.7 Å². The number of methoxy groups -OCH3 is 1. The van der Waals surface area contributed by atoms with Gasteiger partial charge in [-0.1, -0.05) is 0 Å². The molecule has 0 saturated heterocycles. The van der Waals surface area contributed by atoms with Gasteiger partial charge in [-0.3, -0.25) is 0 Å². The highest BCUT2D eigenvalue weighted by molar-refractivity contribution is 7.89. The molecule has 0 aliphatic heterocycles. The quantitative estimate of drug-likeness (QED) is 0.814. The van der Waals surface area contributed by atoms with E-state index in [0.717, 1.165) is 0 Å². The molecule has 0 saturated carbocycles. The van der Waals surface area contributed by atoms with Crippen molar-refractivity contribution >= 4 is 16.0 Å². The first-order valence-corrected chi connectivity index (χ1v) is 8.29. The summed E-state index contributed by atoms with van der Waals surface area (Å²) in [5.74, 6) is -0.0186. The first-order valence-electron chi connectivity index (χ1n) is 6.81. The van der Waals surface area contributed by atoms with Gasteiger partial charge in [0.25, 0.3) is 0 Å². The van der Waals surface area contributed by atoms with E-state index in [-0.39, 0.29) is 4.90 Å². The smallest absolute Gasteiger partial charge is 0.337 e. The van der Waals surface area contributed by atoms with E-state index < -0.39 is 22.0 Å². The van der Waals surface area contributed by atoms with Gasteiger partial charge in [0.15, 0.2) is 0 Å². The minimum absolute atomic E-state index is 0.0965. The standard InChI is InChI=1S/C14H18N4O4S/c1-9-7-11(14(19)22-4)5-6-12(9)23(20,21)17-10(2)13-16-15-8-18(13)3/h5-8,10,17H,1-4H3/t10-/m1/s1. The maximum atomic E-state index is 12.5. The molecular weight excluding hydrogens is 320 g/mol. The molecule has 23 heavy (non-hydrogen) atoms. The molecule has 0 amide bonds. The Bertz CT molecular complexity index is 829. The zero-order valence-electron chi connectivity index (χ0n) is 13.3. The highest BCUT2D eigenvalue weighted by Gasteiger charge is 2.23. The van der Waals surface area contributed by atoms with Crippen LogP contribution in [0, 0.1) is 6.92 Å². The summed E-state index contributed by atoms with van der Waals surface area (Å²) in [4.78, 5) is 11.6. The van der Waals surface area contributed by atoms with Gasteiger partial charge in [0.2, 0.25) is 10.0 Å². The second-order valence-electron chi connectivity index (χ2n) is 5.11. The van der Waals surface area contributed by atoms with Gasteiger partial charge in [0.1, 0.15) is 12.2 Å². The van der Waals surface area contributed by atoms with Gasteiger partial charge < -0.3 is 9.30 Å². The van der Waals surface area contributed by atoms with Gasteiger partial charge in [0.05, 0.1) is 23.6 Å². The Morgan fingerprint density at radius 2 is 2.09 bits per heavy atom. The van der Waals surface area contributed by atoms with E-state index in [9.17, 15) is 13.2 Å². The maximum absolute atomic E-state index is 12.5. The number of carbonyl (C=O) groups is 1. The lowest BCUT2D eigenvalue weighted by atomic mass is 10.1. The van der Waals surface area contributed by atoms with Gasteiger partial charge in [-0.2, -0.15) is 0 Å². The minimum Gasteiger partial charge on any atom is -0.465 e. The van der Waals surface area contributed by atoms with Crippen LogP contribution in [0.2, 0.25) is 0 Å². The van der Waals surface area contributed by atoms with E-state index in [1.54, 1.807) is 25.5 Å². The molecule has 1 aromatic heterocycles. The highest BCUT2D eigenvalue weighted by Crippen LogP contribution is 2.20. The molecule has 1 heterocycles. The number of nitrogens with one attached hydrogen (secondary N) is 1. The van der Waals surface area contributed by atoms with Gasteiger partial charge in [-0.15, -0.1) is 10.2 Å². The van der Waals surface area contributed by atoms with Crippen molar-refractivity contribution in [2.24, 2.45) is 7.05 Å². The van der Waals surface area contributed by atoms with Crippen molar-refractivity contribution in [3.05, 3.63) is 41.5 Å². The van der Waals surface area contributed by atoms with Crippen LogP contribution < -0.4 is 4.72 Å². The second-order valence-corrected chi connectivity index (χ2v) is 6.80. The summed E-state index contributed by atoms with van der Waals surface area (Å²) >= 11 is 0. The summed E-state index contributed by atoms with van der Waals surface area (Å²) < 4.78 is 33.9. The SMILES string of the molecule is COC(=O)c1ccc(S(=O)(=O)N[C@H](C)c2nncn2C)c(C)c1. The third-order valence-corrected chi connectivity index (χ3v) is 5.05. The van der Waals surface area contributed by atoms with Crippen LogP contribution in [0.25, 0.3) is 0 Å². The van der Waals surface area contributed by atoms with Crippen LogP contribution in [0.4, 0.5) is 0 Å². The maximum Gasteiger partial charge on any atom is 0.337 e. The molecule has 9 heteroatoms. The number of nitrogens with zero attached hydrogens (tertiary/aromatic N) is 3. The molecule has 1 N–H and O–H groups in total. The Kier molecular flexibility index (Phi) is 4.81. The van der Waals surface area contributed by atoms with E-state index in [2.05, 4.69) is 19.7 Å². The van der Waals surface area contributed by atoms with Crippen LogP contribution in [0.5, 0.6) is 0 Å². The summed E-state index contributed by atoms with van der Waals surface area (Å²) in [6.45, 7) is 3.30.